The Morgan fingerprint density at radius 2 is 1.71 bits per heavy atom. The van der Waals surface area contributed by atoms with Gasteiger partial charge in [-0.2, -0.15) is 4.98 Å². The normalized spacial score (nSPS) is 15.8. The smallest absolute Gasteiger partial charge is 0.258 e. The summed E-state index contributed by atoms with van der Waals surface area (Å²) >= 11 is 5.63. The molecule has 5 rings (SSSR count). The van der Waals surface area contributed by atoms with E-state index in [2.05, 4.69) is 15.5 Å². The maximum absolute atomic E-state index is 14.1. The van der Waals surface area contributed by atoms with Crippen LogP contribution in [0.1, 0.15) is 24.4 Å². The Bertz CT molecular complexity index is 1440. The number of aromatic nitrogens is 2. The SMILES string of the molecule is COc1ccc(-c2noc(C3=C(C)N(c4cccc(F)c4)C(=S)NC3c3cccc(F)c3)n2)cc1. The van der Waals surface area contributed by atoms with Gasteiger partial charge >= 0.3 is 0 Å². The van der Waals surface area contributed by atoms with Crippen molar-refractivity contribution in [2.45, 2.75) is 13.0 Å². The van der Waals surface area contributed by atoms with E-state index in [1.807, 2.05) is 19.1 Å². The van der Waals surface area contributed by atoms with Crippen LogP contribution >= 0.6 is 12.2 Å². The lowest BCUT2D eigenvalue weighted by atomic mass is 9.94. The van der Waals surface area contributed by atoms with Crippen LogP contribution in [0.25, 0.3) is 17.0 Å². The van der Waals surface area contributed by atoms with Gasteiger partial charge in [-0.05, 0) is 79.3 Å². The molecule has 1 aliphatic heterocycles. The third-order valence-electron chi connectivity index (χ3n) is 5.74. The number of methoxy groups -OCH3 is 1. The highest BCUT2D eigenvalue weighted by atomic mass is 32.1. The van der Waals surface area contributed by atoms with E-state index >= 15 is 0 Å². The number of benzene rings is 3. The predicted molar refractivity (Wildman–Crippen MR) is 133 cm³/mol. The van der Waals surface area contributed by atoms with Gasteiger partial charge in [0.15, 0.2) is 5.11 Å². The van der Waals surface area contributed by atoms with Crippen LogP contribution in [0.3, 0.4) is 0 Å². The molecule has 6 nitrogen and oxygen atoms in total. The fourth-order valence-corrected chi connectivity index (χ4v) is 4.43. The number of hydrogen-bond acceptors (Lipinski definition) is 5. The van der Waals surface area contributed by atoms with Crippen LogP contribution in [0.2, 0.25) is 0 Å². The Morgan fingerprint density at radius 1 is 1.00 bits per heavy atom. The lowest BCUT2D eigenvalue weighted by Crippen LogP contribution is -2.46. The highest BCUT2D eigenvalue weighted by Crippen LogP contribution is 2.39. The number of halogens is 2. The molecule has 176 valence electrons. The van der Waals surface area contributed by atoms with Gasteiger partial charge in [-0.1, -0.05) is 23.4 Å². The zero-order valence-corrected chi connectivity index (χ0v) is 19.6. The number of rotatable bonds is 5. The first-order chi connectivity index (χ1) is 16.9. The molecule has 9 heteroatoms. The molecule has 0 fully saturated rings. The van der Waals surface area contributed by atoms with Crippen LogP contribution in [-0.4, -0.2) is 22.4 Å². The van der Waals surface area contributed by atoms with Gasteiger partial charge in [-0.25, -0.2) is 8.78 Å². The zero-order valence-electron chi connectivity index (χ0n) is 18.8. The van der Waals surface area contributed by atoms with Crippen molar-refractivity contribution in [2.75, 3.05) is 12.0 Å². The second-order valence-electron chi connectivity index (χ2n) is 7.90. The molecule has 1 aromatic heterocycles. The van der Waals surface area contributed by atoms with Crippen molar-refractivity contribution in [1.82, 2.24) is 15.5 Å². The standard InChI is InChI=1S/C26H20F2N4O2S/c1-15-22(25-30-24(31-34-25)16-9-11-21(33-2)12-10-16)23(17-5-3-6-18(27)13-17)29-26(35)32(15)20-8-4-7-19(28)14-20/h3-14,23H,1-2H3,(H,29,35). The molecule has 1 unspecified atom stereocenters. The first-order valence-corrected chi connectivity index (χ1v) is 11.2. The summed E-state index contributed by atoms with van der Waals surface area (Å²) in [7, 11) is 1.59. The Balaban J connectivity index is 1.64. The van der Waals surface area contributed by atoms with Gasteiger partial charge in [0.1, 0.15) is 17.4 Å². The van der Waals surface area contributed by atoms with Crippen LogP contribution in [0.4, 0.5) is 14.5 Å². The van der Waals surface area contributed by atoms with E-state index in [1.165, 1.54) is 24.3 Å². The van der Waals surface area contributed by atoms with Crippen LogP contribution < -0.4 is 15.0 Å². The lowest BCUT2D eigenvalue weighted by molar-refractivity contribution is 0.403. The zero-order chi connectivity index (χ0) is 24.5. The van der Waals surface area contributed by atoms with Crippen molar-refractivity contribution in [3.8, 4) is 17.1 Å². The molecule has 35 heavy (non-hydrogen) atoms. The second-order valence-corrected chi connectivity index (χ2v) is 8.29. The molecule has 3 aromatic carbocycles. The van der Waals surface area contributed by atoms with Gasteiger partial charge in [-0.3, -0.25) is 4.90 Å². The minimum absolute atomic E-state index is 0.235. The van der Waals surface area contributed by atoms with E-state index in [0.717, 1.165) is 5.56 Å². The first-order valence-electron chi connectivity index (χ1n) is 10.8. The van der Waals surface area contributed by atoms with Crippen molar-refractivity contribution in [1.29, 1.82) is 0 Å². The Morgan fingerprint density at radius 3 is 2.40 bits per heavy atom. The molecule has 0 aliphatic carbocycles. The molecule has 0 saturated heterocycles. The fourth-order valence-electron chi connectivity index (χ4n) is 4.07. The molecule has 0 saturated carbocycles. The van der Waals surface area contributed by atoms with E-state index in [0.29, 0.717) is 39.2 Å². The molecule has 1 N–H and O–H groups in total. The summed E-state index contributed by atoms with van der Waals surface area (Å²) in [5.41, 5.74) is 3.15. The molecular formula is C26H20F2N4O2S. The topological polar surface area (TPSA) is 63.4 Å². The minimum Gasteiger partial charge on any atom is -0.497 e. The summed E-state index contributed by atoms with van der Waals surface area (Å²) in [6.45, 7) is 1.83. The number of nitrogens with one attached hydrogen (secondary N) is 1. The second kappa shape index (κ2) is 9.27. The Kier molecular flexibility index (Phi) is 6.00. The molecule has 0 spiro atoms. The van der Waals surface area contributed by atoms with Gasteiger partial charge in [0.25, 0.3) is 5.89 Å². The number of nitrogens with zero attached hydrogens (tertiary/aromatic N) is 3. The van der Waals surface area contributed by atoms with Gasteiger partial charge < -0.3 is 14.6 Å². The van der Waals surface area contributed by atoms with Crippen molar-refractivity contribution in [2.24, 2.45) is 0 Å². The molecule has 1 aliphatic rings. The van der Waals surface area contributed by atoms with E-state index in [1.54, 1.807) is 48.4 Å². The van der Waals surface area contributed by atoms with Crippen LogP contribution in [-0.2, 0) is 0 Å². The Labute approximate surface area is 205 Å². The quantitative estimate of drug-likeness (QED) is 0.350. The minimum atomic E-state index is -0.563. The highest BCUT2D eigenvalue weighted by molar-refractivity contribution is 7.80. The average Bonchev–Trinajstić information content (AvgIpc) is 3.33. The summed E-state index contributed by atoms with van der Waals surface area (Å²) in [6.07, 6.45) is 0. The molecular weight excluding hydrogens is 470 g/mol. The van der Waals surface area contributed by atoms with Gasteiger partial charge in [-0.15, -0.1) is 0 Å². The van der Waals surface area contributed by atoms with E-state index in [9.17, 15) is 8.78 Å². The third kappa shape index (κ3) is 4.38. The van der Waals surface area contributed by atoms with Gasteiger partial charge in [0, 0.05) is 11.3 Å². The number of thiocarbonyl (C=S) groups is 1. The van der Waals surface area contributed by atoms with Crippen molar-refractivity contribution in [3.63, 3.8) is 0 Å². The number of allylic oxidation sites excluding steroid dienone is 1. The van der Waals surface area contributed by atoms with E-state index in [-0.39, 0.29) is 11.7 Å². The van der Waals surface area contributed by atoms with Gasteiger partial charge in [0.2, 0.25) is 5.82 Å². The number of ether oxygens (including phenoxy) is 1. The fraction of sp³-hybridized carbons (Fsp3) is 0.115. The highest BCUT2D eigenvalue weighted by Gasteiger charge is 2.35. The Hall–Kier alpha value is -4.11. The maximum atomic E-state index is 14.1. The summed E-state index contributed by atoms with van der Waals surface area (Å²) < 4.78 is 39.1. The monoisotopic (exact) mass is 490 g/mol. The van der Waals surface area contributed by atoms with E-state index in [4.69, 9.17) is 21.5 Å². The van der Waals surface area contributed by atoms with Crippen molar-refractivity contribution < 1.29 is 18.0 Å². The summed E-state index contributed by atoms with van der Waals surface area (Å²) in [4.78, 5) is 6.32. The van der Waals surface area contributed by atoms with Crippen molar-refractivity contribution >= 4 is 28.6 Å². The first kappa shape index (κ1) is 22.7. The molecule has 1 atom stereocenters. The molecule has 0 bridgehead atoms. The summed E-state index contributed by atoms with van der Waals surface area (Å²) in [5.74, 6) is 0.541. The summed E-state index contributed by atoms with van der Waals surface area (Å²) in [6, 6.07) is 19.0. The molecule has 2 heterocycles. The van der Waals surface area contributed by atoms with Crippen LogP contribution in [0.5, 0.6) is 5.75 Å². The lowest BCUT2D eigenvalue weighted by Gasteiger charge is -2.37. The predicted octanol–water partition coefficient (Wildman–Crippen LogP) is 5.89. The number of hydrogen-bond donors (Lipinski definition) is 1. The van der Waals surface area contributed by atoms with E-state index < -0.39 is 11.9 Å². The van der Waals surface area contributed by atoms with Gasteiger partial charge in [0.05, 0.1) is 24.4 Å². The van der Waals surface area contributed by atoms with Crippen molar-refractivity contribution in [3.05, 3.63) is 102 Å². The average molecular weight is 491 g/mol. The third-order valence-corrected chi connectivity index (χ3v) is 6.04. The summed E-state index contributed by atoms with van der Waals surface area (Å²) in [5, 5.41) is 7.73. The number of anilines is 1. The molecule has 4 aromatic rings. The molecule has 0 radical (unpaired) electrons. The molecule has 0 amide bonds. The van der Waals surface area contributed by atoms with Crippen LogP contribution in [0.15, 0.2) is 83.0 Å². The van der Waals surface area contributed by atoms with Crippen LogP contribution in [0, 0.1) is 11.6 Å². The maximum Gasteiger partial charge on any atom is 0.258 e. The largest absolute Gasteiger partial charge is 0.497 e.